The SMILES string of the molecule is CC1(C)CC(=O)C=C(OCc2ccccc2Br)C1. The number of hydrogen-bond acceptors (Lipinski definition) is 2. The minimum absolute atomic E-state index is 0.00901. The topological polar surface area (TPSA) is 26.3 Å². The summed E-state index contributed by atoms with van der Waals surface area (Å²) in [5.74, 6) is 0.959. The molecule has 96 valence electrons. The Labute approximate surface area is 116 Å². The van der Waals surface area contributed by atoms with Crippen molar-refractivity contribution in [3.8, 4) is 0 Å². The molecule has 1 aromatic carbocycles. The highest BCUT2D eigenvalue weighted by atomic mass is 79.9. The summed E-state index contributed by atoms with van der Waals surface area (Å²) in [4.78, 5) is 11.6. The van der Waals surface area contributed by atoms with E-state index >= 15 is 0 Å². The Morgan fingerprint density at radius 2 is 2.00 bits per heavy atom. The van der Waals surface area contributed by atoms with E-state index < -0.39 is 0 Å². The van der Waals surface area contributed by atoms with Crippen LogP contribution in [0.15, 0.2) is 40.6 Å². The van der Waals surface area contributed by atoms with E-state index in [0.717, 1.165) is 22.2 Å². The molecule has 0 aromatic heterocycles. The van der Waals surface area contributed by atoms with Crippen LogP contribution in [0.4, 0.5) is 0 Å². The predicted molar refractivity (Wildman–Crippen MR) is 75.0 cm³/mol. The van der Waals surface area contributed by atoms with E-state index in [9.17, 15) is 4.79 Å². The van der Waals surface area contributed by atoms with Gasteiger partial charge in [-0.2, -0.15) is 0 Å². The van der Waals surface area contributed by atoms with Crippen molar-refractivity contribution in [2.75, 3.05) is 0 Å². The monoisotopic (exact) mass is 308 g/mol. The second-order valence-corrected chi connectivity index (χ2v) is 6.33. The maximum Gasteiger partial charge on any atom is 0.159 e. The van der Waals surface area contributed by atoms with E-state index in [1.54, 1.807) is 6.08 Å². The maximum atomic E-state index is 11.6. The van der Waals surface area contributed by atoms with Crippen LogP contribution >= 0.6 is 15.9 Å². The fraction of sp³-hybridized carbons (Fsp3) is 0.400. The molecule has 0 spiro atoms. The standard InChI is InChI=1S/C15H17BrO2/c1-15(2)8-12(17)7-13(9-15)18-10-11-5-3-4-6-14(11)16/h3-7H,8-10H2,1-2H3. The molecule has 3 heteroatoms. The molecule has 0 bridgehead atoms. The average Bonchev–Trinajstić information content (AvgIpc) is 2.25. The molecule has 18 heavy (non-hydrogen) atoms. The van der Waals surface area contributed by atoms with Crippen LogP contribution in [-0.4, -0.2) is 5.78 Å². The van der Waals surface area contributed by atoms with Gasteiger partial charge in [-0.05, 0) is 11.5 Å². The lowest BCUT2D eigenvalue weighted by Crippen LogP contribution is -2.22. The van der Waals surface area contributed by atoms with Gasteiger partial charge in [-0.3, -0.25) is 4.79 Å². The zero-order chi connectivity index (χ0) is 13.2. The molecule has 0 aliphatic heterocycles. The van der Waals surface area contributed by atoms with Crippen LogP contribution in [0.1, 0.15) is 32.3 Å². The van der Waals surface area contributed by atoms with Crippen LogP contribution in [0.2, 0.25) is 0 Å². The normalized spacial score (nSPS) is 18.4. The third-order valence-electron chi connectivity index (χ3n) is 3.00. The summed E-state index contributed by atoms with van der Waals surface area (Å²) in [7, 11) is 0. The third kappa shape index (κ3) is 3.45. The molecular weight excluding hydrogens is 292 g/mol. The molecule has 1 aliphatic carbocycles. The van der Waals surface area contributed by atoms with Gasteiger partial charge in [-0.25, -0.2) is 0 Å². The van der Waals surface area contributed by atoms with Crippen molar-refractivity contribution in [3.63, 3.8) is 0 Å². The highest BCUT2D eigenvalue weighted by molar-refractivity contribution is 9.10. The second kappa shape index (κ2) is 5.27. The molecule has 0 heterocycles. The van der Waals surface area contributed by atoms with Gasteiger partial charge in [0, 0.05) is 29.0 Å². The molecular formula is C15H17BrO2. The van der Waals surface area contributed by atoms with Crippen molar-refractivity contribution in [1.82, 2.24) is 0 Å². The first-order valence-electron chi connectivity index (χ1n) is 6.06. The Kier molecular flexibility index (Phi) is 3.91. The minimum atomic E-state index is 0.00901. The number of ketones is 1. The predicted octanol–water partition coefficient (Wildman–Crippen LogP) is 4.24. The molecule has 1 aromatic rings. The van der Waals surface area contributed by atoms with Gasteiger partial charge in [-0.15, -0.1) is 0 Å². The third-order valence-corrected chi connectivity index (χ3v) is 3.77. The van der Waals surface area contributed by atoms with Gasteiger partial charge in [0.05, 0.1) is 0 Å². The Morgan fingerprint density at radius 3 is 2.67 bits per heavy atom. The Bertz CT molecular complexity index is 489. The van der Waals surface area contributed by atoms with Crippen molar-refractivity contribution < 1.29 is 9.53 Å². The van der Waals surface area contributed by atoms with Crippen molar-refractivity contribution in [2.45, 2.75) is 33.3 Å². The van der Waals surface area contributed by atoms with E-state index in [4.69, 9.17) is 4.74 Å². The smallest absolute Gasteiger partial charge is 0.159 e. The average molecular weight is 309 g/mol. The summed E-state index contributed by atoms with van der Waals surface area (Å²) in [5.41, 5.74) is 1.10. The quantitative estimate of drug-likeness (QED) is 0.835. The van der Waals surface area contributed by atoms with Gasteiger partial charge in [0.25, 0.3) is 0 Å². The van der Waals surface area contributed by atoms with Gasteiger partial charge < -0.3 is 4.74 Å². The lowest BCUT2D eigenvalue weighted by Gasteiger charge is -2.28. The van der Waals surface area contributed by atoms with E-state index in [1.165, 1.54) is 0 Å². The number of ether oxygens (including phenoxy) is 1. The Hall–Kier alpha value is -1.09. The number of carbonyl (C=O) groups excluding carboxylic acids is 1. The van der Waals surface area contributed by atoms with Gasteiger partial charge in [0.1, 0.15) is 12.4 Å². The number of rotatable bonds is 3. The molecule has 0 unspecified atom stereocenters. The number of halogens is 1. The lowest BCUT2D eigenvalue weighted by molar-refractivity contribution is -0.117. The van der Waals surface area contributed by atoms with Crippen LogP contribution < -0.4 is 0 Å². The zero-order valence-corrected chi connectivity index (χ0v) is 12.3. The first-order valence-corrected chi connectivity index (χ1v) is 6.85. The Balaban J connectivity index is 2.03. The molecule has 0 amide bonds. The molecule has 0 saturated carbocycles. The van der Waals surface area contributed by atoms with Crippen LogP contribution in [0, 0.1) is 5.41 Å². The molecule has 0 radical (unpaired) electrons. The minimum Gasteiger partial charge on any atom is -0.493 e. The number of allylic oxidation sites excluding steroid dienone is 2. The van der Waals surface area contributed by atoms with Crippen molar-refractivity contribution in [2.24, 2.45) is 5.41 Å². The summed E-state index contributed by atoms with van der Waals surface area (Å²) < 4.78 is 6.80. The molecule has 1 aliphatic rings. The maximum absolute atomic E-state index is 11.6. The van der Waals surface area contributed by atoms with E-state index in [-0.39, 0.29) is 11.2 Å². The fourth-order valence-electron chi connectivity index (χ4n) is 2.17. The van der Waals surface area contributed by atoms with Gasteiger partial charge >= 0.3 is 0 Å². The molecule has 2 nitrogen and oxygen atoms in total. The van der Waals surface area contributed by atoms with E-state index in [1.807, 2.05) is 24.3 Å². The van der Waals surface area contributed by atoms with Gasteiger partial charge in [-0.1, -0.05) is 48.0 Å². The largest absolute Gasteiger partial charge is 0.493 e. The molecule has 2 rings (SSSR count). The van der Waals surface area contributed by atoms with Crippen LogP contribution in [0.3, 0.4) is 0 Å². The first-order chi connectivity index (χ1) is 8.46. The van der Waals surface area contributed by atoms with Gasteiger partial charge in [0.2, 0.25) is 0 Å². The molecule has 0 N–H and O–H groups in total. The summed E-state index contributed by atoms with van der Waals surface area (Å²) in [6.07, 6.45) is 3.07. The highest BCUT2D eigenvalue weighted by Crippen LogP contribution is 2.34. The first kappa shape index (κ1) is 13.3. The van der Waals surface area contributed by atoms with Crippen LogP contribution in [0.25, 0.3) is 0 Å². The highest BCUT2D eigenvalue weighted by Gasteiger charge is 2.28. The Morgan fingerprint density at radius 1 is 1.28 bits per heavy atom. The molecule has 0 atom stereocenters. The number of hydrogen-bond donors (Lipinski definition) is 0. The van der Waals surface area contributed by atoms with E-state index in [2.05, 4.69) is 29.8 Å². The number of benzene rings is 1. The second-order valence-electron chi connectivity index (χ2n) is 5.47. The molecule has 0 saturated heterocycles. The number of carbonyl (C=O) groups is 1. The van der Waals surface area contributed by atoms with Crippen molar-refractivity contribution in [3.05, 3.63) is 46.1 Å². The zero-order valence-electron chi connectivity index (χ0n) is 10.7. The van der Waals surface area contributed by atoms with Gasteiger partial charge in [0.15, 0.2) is 5.78 Å². The van der Waals surface area contributed by atoms with Crippen molar-refractivity contribution in [1.29, 1.82) is 0 Å². The lowest BCUT2D eigenvalue weighted by atomic mass is 9.79. The fourth-order valence-corrected chi connectivity index (χ4v) is 2.57. The summed E-state index contributed by atoms with van der Waals surface area (Å²) in [6, 6.07) is 7.96. The van der Waals surface area contributed by atoms with Crippen LogP contribution in [0.5, 0.6) is 0 Å². The summed E-state index contributed by atoms with van der Waals surface area (Å²) in [6.45, 7) is 4.69. The summed E-state index contributed by atoms with van der Waals surface area (Å²) in [5, 5.41) is 0. The van der Waals surface area contributed by atoms with E-state index in [0.29, 0.717) is 13.0 Å². The molecule has 0 fully saturated rings. The van der Waals surface area contributed by atoms with Crippen LogP contribution in [-0.2, 0) is 16.1 Å². The summed E-state index contributed by atoms with van der Waals surface area (Å²) >= 11 is 3.49. The van der Waals surface area contributed by atoms with Crippen molar-refractivity contribution >= 4 is 21.7 Å².